The highest BCUT2D eigenvalue weighted by Crippen LogP contribution is 2.34. The van der Waals surface area contributed by atoms with Gasteiger partial charge in [-0.2, -0.15) is 0 Å². The van der Waals surface area contributed by atoms with Gasteiger partial charge in [0.2, 0.25) is 0 Å². The zero-order chi connectivity index (χ0) is 15.0. The number of hydrogen-bond acceptors (Lipinski definition) is 2. The van der Waals surface area contributed by atoms with Crippen molar-refractivity contribution in [2.75, 3.05) is 6.61 Å². The van der Waals surface area contributed by atoms with Gasteiger partial charge in [0.05, 0.1) is 11.6 Å². The van der Waals surface area contributed by atoms with Crippen molar-refractivity contribution in [2.24, 2.45) is 0 Å². The number of ketones is 1. The number of fused-ring (bicyclic) bond motifs is 1. The molecule has 0 spiro atoms. The van der Waals surface area contributed by atoms with Gasteiger partial charge >= 0.3 is 0 Å². The smallest absolute Gasteiger partial charge is 0.168 e. The Morgan fingerprint density at radius 2 is 2.19 bits per heavy atom. The van der Waals surface area contributed by atoms with Gasteiger partial charge in [-0.3, -0.25) is 4.79 Å². The van der Waals surface area contributed by atoms with Gasteiger partial charge in [-0.05, 0) is 29.8 Å². The largest absolute Gasteiger partial charge is 0.493 e. The van der Waals surface area contributed by atoms with E-state index in [0.717, 1.165) is 27.8 Å². The number of benzene rings is 2. The second-order valence-corrected chi connectivity index (χ2v) is 6.15. The third-order valence-electron chi connectivity index (χ3n) is 3.43. The molecule has 0 N–H and O–H groups in total. The van der Waals surface area contributed by atoms with E-state index in [1.807, 2.05) is 12.1 Å². The zero-order valence-electron chi connectivity index (χ0n) is 11.0. The van der Waals surface area contributed by atoms with Crippen molar-refractivity contribution in [3.05, 3.63) is 62.3 Å². The molecule has 0 radical (unpaired) electrons. The Morgan fingerprint density at radius 1 is 1.38 bits per heavy atom. The van der Waals surface area contributed by atoms with Crippen LogP contribution in [0.2, 0.25) is 5.02 Å². The Balaban J connectivity index is 1.94. The second-order valence-electron chi connectivity index (χ2n) is 4.85. The van der Waals surface area contributed by atoms with Crippen LogP contribution in [0.4, 0.5) is 4.39 Å². The summed E-state index contributed by atoms with van der Waals surface area (Å²) >= 11 is 9.30. The molecular formula is C16H11BrClFO2. The molecule has 2 aromatic rings. The highest BCUT2D eigenvalue weighted by Gasteiger charge is 2.21. The maximum absolute atomic E-state index is 13.4. The topological polar surface area (TPSA) is 26.3 Å². The van der Waals surface area contributed by atoms with Gasteiger partial charge in [0, 0.05) is 28.4 Å². The molecule has 21 heavy (non-hydrogen) atoms. The normalized spacial score (nSPS) is 12.9. The Hall–Kier alpha value is -1.39. The molecule has 2 aromatic carbocycles. The molecule has 108 valence electrons. The van der Waals surface area contributed by atoms with E-state index in [-0.39, 0.29) is 22.8 Å². The van der Waals surface area contributed by atoms with Crippen LogP contribution in [0.15, 0.2) is 34.8 Å². The number of carbonyl (C=O) groups excluding carboxylic acids is 1. The molecule has 0 fully saturated rings. The van der Waals surface area contributed by atoms with Crippen molar-refractivity contribution in [1.82, 2.24) is 0 Å². The molecule has 0 bridgehead atoms. The van der Waals surface area contributed by atoms with Gasteiger partial charge in [-0.25, -0.2) is 4.39 Å². The molecule has 0 amide bonds. The summed E-state index contributed by atoms with van der Waals surface area (Å²) < 4.78 is 19.9. The summed E-state index contributed by atoms with van der Waals surface area (Å²) in [6, 6.07) is 8.10. The summed E-state index contributed by atoms with van der Waals surface area (Å²) in [5.41, 5.74) is 2.07. The fourth-order valence-corrected chi connectivity index (χ4v) is 3.25. The number of hydrogen-bond donors (Lipinski definition) is 0. The highest BCUT2D eigenvalue weighted by molar-refractivity contribution is 9.10. The maximum atomic E-state index is 13.4. The first kappa shape index (κ1) is 14.5. The molecule has 1 aliphatic heterocycles. The van der Waals surface area contributed by atoms with Crippen LogP contribution in [0.25, 0.3) is 0 Å². The van der Waals surface area contributed by atoms with Crippen LogP contribution in [0.1, 0.15) is 21.5 Å². The van der Waals surface area contributed by atoms with Crippen LogP contribution < -0.4 is 4.74 Å². The summed E-state index contributed by atoms with van der Waals surface area (Å²) in [4.78, 5) is 12.4. The summed E-state index contributed by atoms with van der Waals surface area (Å²) in [5.74, 6) is -0.0485. The standard InChI is InChI=1S/C16H11BrClFO2/c17-11-6-9-4-5-21-16(9)10(7-11)8-14(20)12-2-1-3-13(19)15(12)18/h1-3,6-7H,4-5,8H2. The van der Waals surface area contributed by atoms with E-state index in [2.05, 4.69) is 15.9 Å². The summed E-state index contributed by atoms with van der Waals surface area (Å²) in [6.45, 7) is 0.619. The molecule has 1 aliphatic rings. The van der Waals surface area contributed by atoms with E-state index in [1.165, 1.54) is 18.2 Å². The van der Waals surface area contributed by atoms with Crippen LogP contribution in [-0.2, 0) is 12.8 Å². The van der Waals surface area contributed by atoms with Gasteiger partial charge in [-0.1, -0.05) is 33.6 Å². The lowest BCUT2D eigenvalue weighted by molar-refractivity contribution is 0.0991. The van der Waals surface area contributed by atoms with Crippen LogP contribution in [0.5, 0.6) is 5.75 Å². The van der Waals surface area contributed by atoms with Gasteiger partial charge in [-0.15, -0.1) is 0 Å². The Morgan fingerprint density at radius 3 is 3.00 bits per heavy atom. The molecule has 0 saturated heterocycles. The Bertz CT molecular complexity index is 730. The molecule has 0 aliphatic carbocycles. The van der Waals surface area contributed by atoms with Gasteiger partial charge < -0.3 is 4.74 Å². The molecule has 0 unspecified atom stereocenters. The average molecular weight is 370 g/mol. The first-order chi connectivity index (χ1) is 10.1. The minimum Gasteiger partial charge on any atom is -0.493 e. The lowest BCUT2D eigenvalue weighted by Crippen LogP contribution is -2.06. The van der Waals surface area contributed by atoms with Crippen molar-refractivity contribution in [2.45, 2.75) is 12.8 Å². The molecule has 3 rings (SSSR count). The predicted molar refractivity (Wildman–Crippen MR) is 82.8 cm³/mol. The van der Waals surface area contributed by atoms with Gasteiger partial charge in [0.1, 0.15) is 11.6 Å². The number of ether oxygens (including phenoxy) is 1. The van der Waals surface area contributed by atoms with Crippen LogP contribution >= 0.6 is 27.5 Å². The number of halogens is 3. The van der Waals surface area contributed by atoms with E-state index in [1.54, 1.807) is 0 Å². The molecule has 0 saturated carbocycles. The predicted octanol–water partition coefficient (Wildman–Crippen LogP) is 4.60. The summed E-state index contributed by atoms with van der Waals surface area (Å²) in [7, 11) is 0. The number of rotatable bonds is 3. The SMILES string of the molecule is O=C(Cc1cc(Br)cc2c1OCC2)c1cccc(F)c1Cl. The Kier molecular flexibility index (Phi) is 4.00. The van der Waals surface area contributed by atoms with Gasteiger partial charge in [0.25, 0.3) is 0 Å². The van der Waals surface area contributed by atoms with E-state index in [9.17, 15) is 9.18 Å². The van der Waals surface area contributed by atoms with Crippen molar-refractivity contribution in [3.8, 4) is 5.75 Å². The fraction of sp³-hybridized carbons (Fsp3) is 0.188. The van der Waals surface area contributed by atoms with E-state index < -0.39 is 5.82 Å². The highest BCUT2D eigenvalue weighted by atomic mass is 79.9. The fourth-order valence-electron chi connectivity index (χ4n) is 2.46. The van der Waals surface area contributed by atoms with E-state index >= 15 is 0 Å². The maximum Gasteiger partial charge on any atom is 0.168 e. The van der Waals surface area contributed by atoms with Crippen molar-refractivity contribution in [3.63, 3.8) is 0 Å². The van der Waals surface area contributed by atoms with Crippen LogP contribution in [0.3, 0.4) is 0 Å². The third kappa shape index (κ3) is 2.83. The minimum atomic E-state index is -0.585. The lowest BCUT2D eigenvalue weighted by atomic mass is 10.00. The Labute approximate surface area is 135 Å². The van der Waals surface area contributed by atoms with E-state index in [4.69, 9.17) is 16.3 Å². The first-order valence-corrected chi connectivity index (χ1v) is 7.64. The molecule has 0 aromatic heterocycles. The second kappa shape index (κ2) is 5.78. The number of Topliss-reactive ketones (excluding diaryl/α,β-unsaturated/α-hetero) is 1. The van der Waals surface area contributed by atoms with Crippen LogP contribution in [0, 0.1) is 5.82 Å². The van der Waals surface area contributed by atoms with Crippen molar-refractivity contribution >= 4 is 33.3 Å². The monoisotopic (exact) mass is 368 g/mol. The van der Waals surface area contributed by atoms with Crippen LogP contribution in [-0.4, -0.2) is 12.4 Å². The summed E-state index contributed by atoms with van der Waals surface area (Å²) in [6.07, 6.45) is 0.960. The molecule has 5 heteroatoms. The third-order valence-corrected chi connectivity index (χ3v) is 4.27. The molecule has 2 nitrogen and oxygen atoms in total. The lowest BCUT2D eigenvalue weighted by Gasteiger charge is -2.09. The number of carbonyl (C=O) groups is 1. The minimum absolute atomic E-state index is 0.130. The molecular weight excluding hydrogens is 359 g/mol. The molecule has 0 atom stereocenters. The quantitative estimate of drug-likeness (QED) is 0.739. The van der Waals surface area contributed by atoms with Crippen molar-refractivity contribution in [1.29, 1.82) is 0 Å². The van der Waals surface area contributed by atoms with Gasteiger partial charge in [0.15, 0.2) is 5.78 Å². The zero-order valence-corrected chi connectivity index (χ0v) is 13.3. The van der Waals surface area contributed by atoms with Crippen molar-refractivity contribution < 1.29 is 13.9 Å². The average Bonchev–Trinajstić information content (AvgIpc) is 2.90. The molecule has 1 heterocycles. The summed E-state index contributed by atoms with van der Waals surface area (Å²) in [5, 5.41) is -0.130. The first-order valence-electron chi connectivity index (χ1n) is 6.47. The van der Waals surface area contributed by atoms with E-state index in [0.29, 0.717) is 6.61 Å².